The summed E-state index contributed by atoms with van der Waals surface area (Å²) in [7, 11) is 0. The van der Waals surface area contributed by atoms with E-state index in [1.807, 2.05) is 35.7 Å². The highest BCUT2D eigenvalue weighted by atomic mass is 32.1. The maximum absolute atomic E-state index is 11.8. The smallest absolute Gasteiger partial charge is 0.329 e. The van der Waals surface area contributed by atoms with E-state index in [0.29, 0.717) is 18.0 Å². The molecular weight excluding hydrogens is 330 g/mol. The van der Waals surface area contributed by atoms with Crippen LogP contribution in [0.3, 0.4) is 0 Å². The van der Waals surface area contributed by atoms with Gasteiger partial charge in [-0.2, -0.15) is 0 Å². The van der Waals surface area contributed by atoms with Gasteiger partial charge in [0.25, 0.3) is 5.91 Å². The second-order valence-corrected chi connectivity index (χ2v) is 6.08. The summed E-state index contributed by atoms with van der Waals surface area (Å²) in [5, 5.41) is 7.36. The topological polar surface area (TPSA) is 97.4 Å². The average Bonchev–Trinajstić information content (AvgIpc) is 3.23. The molecule has 2 aromatic rings. The molecule has 0 spiro atoms. The molecule has 0 saturated carbocycles. The number of hydrogen-bond acceptors (Lipinski definition) is 6. The Kier molecular flexibility index (Phi) is 4.85. The number of nitrogens with zero attached hydrogens (tertiary/aromatic N) is 1. The van der Waals surface area contributed by atoms with E-state index in [4.69, 9.17) is 4.74 Å². The Hall–Kier alpha value is -2.74. The van der Waals surface area contributed by atoms with Gasteiger partial charge in [-0.25, -0.2) is 9.78 Å². The SMILES string of the molecule is O=C(COC(=O)C1CCC(=O)N1)Nc1nc(-c2ccccc2)cs1. The van der Waals surface area contributed by atoms with Crippen molar-refractivity contribution < 1.29 is 19.1 Å². The van der Waals surface area contributed by atoms with Crippen molar-refractivity contribution in [1.29, 1.82) is 0 Å². The van der Waals surface area contributed by atoms with Crippen LogP contribution in [0.25, 0.3) is 11.3 Å². The first kappa shape index (κ1) is 16.1. The van der Waals surface area contributed by atoms with E-state index in [1.165, 1.54) is 11.3 Å². The first-order valence-electron chi connectivity index (χ1n) is 7.38. The molecule has 1 unspecified atom stereocenters. The van der Waals surface area contributed by atoms with E-state index in [1.54, 1.807) is 0 Å². The van der Waals surface area contributed by atoms with Crippen LogP contribution >= 0.6 is 11.3 Å². The summed E-state index contributed by atoms with van der Waals surface area (Å²) in [6.45, 7) is -0.411. The Labute approximate surface area is 142 Å². The molecule has 24 heavy (non-hydrogen) atoms. The number of carbonyl (C=O) groups excluding carboxylic acids is 3. The van der Waals surface area contributed by atoms with E-state index in [9.17, 15) is 14.4 Å². The van der Waals surface area contributed by atoms with Crippen LogP contribution in [-0.4, -0.2) is 35.4 Å². The summed E-state index contributed by atoms with van der Waals surface area (Å²) in [5.74, 6) is -1.25. The maximum atomic E-state index is 11.8. The van der Waals surface area contributed by atoms with Gasteiger partial charge in [0.15, 0.2) is 11.7 Å². The fraction of sp³-hybridized carbons (Fsp3) is 0.250. The number of thiazole rings is 1. The van der Waals surface area contributed by atoms with E-state index < -0.39 is 24.5 Å². The summed E-state index contributed by atoms with van der Waals surface area (Å²) >= 11 is 1.29. The molecule has 2 N–H and O–H groups in total. The molecule has 2 heterocycles. The Bertz CT molecular complexity index is 760. The van der Waals surface area contributed by atoms with Gasteiger partial charge in [0.05, 0.1) is 5.69 Å². The first-order chi connectivity index (χ1) is 11.6. The zero-order valence-corrected chi connectivity index (χ0v) is 13.5. The second-order valence-electron chi connectivity index (χ2n) is 5.22. The standard InChI is InChI=1S/C16H15N3O4S/c20-13-7-6-11(17-13)15(22)23-8-14(21)19-16-18-12(9-24-16)10-4-2-1-3-5-10/h1-5,9,11H,6-8H2,(H,17,20)(H,18,19,21). The first-order valence-corrected chi connectivity index (χ1v) is 8.26. The van der Waals surface area contributed by atoms with Crippen molar-refractivity contribution >= 4 is 34.3 Å². The number of benzene rings is 1. The molecule has 124 valence electrons. The lowest BCUT2D eigenvalue weighted by molar-refractivity contribution is -0.149. The van der Waals surface area contributed by atoms with E-state index >= 15 is 0 Å². The van der Waals surface area contributed by atoms with Crippen molar-refractivity contribution in [2.75, 3.05) is 11.9 Å². The number of rotatable bonds is 5. The number of aromatic nitrogens is 1. The van der Waals surface area contributed by atoms with Gasteiger partial charge in [-0.05, 0) is 6.42 Å². The van der Waals surface area contributed by atoms with Gasteiger partial charge < -0.3 is 10.1 Å². The molecule has 1 saturated heterocycles. The van der Waals surface area contributed by atoms with Crippen LogP contribution in [0.2, 0.25) is 0 Å². The predicted molar refractivity (Wildman–Crippen MR) is 88.3 cm³/mol. The summed E-state index contributed by atoms with van der Waals surface area (Å²) in [5.41, 5.74) is 1.72. The Morgan fingerprint density at radius 3 is 2.83 bits per heavy atom. The fourth-order valence-electron chi connectivity index (χ4n) is 2.26. The molecule has 1 fully saturated rings. The Morgan fingerprint density at radius 2 is 2.12 bits per heavy atom. The minimum atomic E-state index is -0.658. The molecule has 1 atom stereocenters. The minimum Gasteiger partial charge on any atom is -0.454 e. The Morgan fingerprint density at radius 1 is 1.33 bits per heavy atom. The second kappa shape index (κ2) is 7.22. The van der Waals surface area contributed by atoms with Crippen molar-refractivity contribution in [2.45, 2.75) is 18.9 Å². The molecule has 2 amide bonds. The molecule has 1 aliphatic rings. The highest BCUT2D eigenvalue weighted by Crippen LogP contribution is 2.24. The van der Waals surface area contributed by atoms with Crippen molar-refractivity contribution in [2.24, 2.45) is 0 Å². The third-order valence-electron chi connectivity index (χ3n) is 3.45. The van der Waals surface area contributed by atoms with Gasteiger partial charge in [-0.1, -0.05) is 30.3 Å². The fourth-order valence-corrected chi connectivity index (χ4v) is 2.99. The van der Waals surface area contributed by atoms with Gasteiger partial charge >= 0.3 is 5.97 Å². The molecule has 3 rings (SSSR count). The van der Waals surface area contributed by atoms with Crippen LogP contribution in [0, 0.1) is 0 Å². The van der Waals surface area contributed by atoms with E-state index in [0.717, 1.165) is 11.3 Å². The monoisotopic (exact) mass is 345 g/mol. The summed E-state index contributed by atoms with van der Waals surface area (Å²) in [4.78, 5) is 38.9. The number of esters is 1. The molecule has 0 aliphatic carbocycles. The molecule has 0 bridgehead atoms. The van der Waals surface area contributed by atoms with E-state index in [-0.39, 0.29) is 5.91 Å². The summed E-state index contributed by atoms with van der Waals surface area (Å²) in [6, 6.07) is 8.94. The number of ether oxygens (including phenoxy) is 1. The van der Waals surface area contributed by atoms with Crippen LogP contribution in [0.1, 0.15) is 12.8 Å². The van der Waals surface area contributed by atoms with Crippen molar-refractivity contribution in [3.05, 3.63) is 35.7 Å². The normalized spacial score (nSPS) is 16.5. The van der Waals surface area contributed by atoms with Crippen LogP contribution in [0.5, 0.6) is 0 Å². The van der Waals surface area contributed by atoms with Crippen molar-refractivity contribution in [1.82, 2.24) is 10.3 Å². The Balaban J connectivity index is 1.49. The molecule has 7 nitrogen and oxygen atoms in total. The van der Waals surface area contributed by atoms with Crippen LogP contribution in [-0.2, 0) is 19.1 Å². The van der Waals surface area contributed by atoms with Crippen LogP contribution in [0.4, 0.5) is 5.13 Å². The number of hydrogen-bond donors (Lipinski definition) is 2. The number of amides is 2. The lowest BCUT2D eigenvalue weighted by Crippen LogP contribution is -2.36. The highest BCUT2D eigenvalue weighted by Gasteiger charge is 2.28. The third kappa shape index (κ3) is 3.96. The molecule has 1 aromatic carbocycles. The lowest BCUT2D eigenvalue weighted by atomic mass is 10.2. The molecule has 0 radical (unpaired) electrons. The molecule has 8 heteroatoms. The quantitative estimate of drug-likeness (QED) is 0.802. The number of carbonyl (C=O) groups is 3. The maximum Gasteiger partial charge on any atom is 0.329 e. The zero-order chi connectivity index (χ0) is 16.9. The van der Waals surface area contributed by atoms with Crippen molar-refractivity contribution in [3.8, 4) is 11.3 Å². The van der Waals surface area contributed by atoms with E-state index in [2.05, 4.69) is 15.6 Å². The molecule has 1 aromatic heterocycles. The third-order valence-corrected chi connectivity index (χ3v) is 4.20. The van der Waals surface area contributed by atoms with Gasteiger partial charge in [0, 0.05) is 17.4 Å². The zero-order valence-electron chi connectivity index (χ0n) is 12.7. The molecular formula is C16H15N3O4S. The number of nitrogens with one attached hydrogen (secondary N) is 2. The summed E-state index contributed by atoms with van der Waals surface area (Å²) in [6.07, 6.45) is 0.694. The van der Waals surface area contributed by atoms with Gasteiger partial charge in [-0.15, -0.1) is 11.3 Å². The summed E-state index contributed by atoms with van der Waals surface area (Å²) < 4.78 is 4.91. The largest absolute Gasteiger partial charge is 0.454 e. The average molecular weight is 345 g/mol. The predicted octanol–water partition coefficient (Wildman–Crippen LogP) is 1.57. The minimum absolute atomic E-state index is 0.183. The van der Waals surface area contributed by atoms with Crippen molar-refractivity contribution in [3.63, 3.8) is 0 Å². The van der Waals surface area contributed by atoms with Crippen LogP contribution in [0.15, 0.2) is 35.7 Å². The van der Waals surface area contributed by atoms with Gasteiger partial charge in [0.1, 0.15) is 6.04 Å². The van der Waals surface area contributed by atoms with Crippen LogP contribution < -0.4 is 10.6 Å². The molecule has 1 aliphatic heterocycles. The van der Waals surface area contributed by atoms with Gasteiger partial charge in [0.2, 0.25) is 5.91 Å². The highest BCUT2D eigenvalue weighted by molar-refractivity contribution is 7.14. The lowest BCUT2D eigenvalue weighted by Gasteiger charge is -2.09. The van der Waals surface area contributed by atoms with Gasteiger partial charge in [-0.3, -0.25) is 14.9 Å². The number of anilines is 1.